The monoisotopic (exact) mass is 148 g/mol. The number of rotatable bonds is 3. The number of carbonyl (C=O) groups excluding carboxylic acids is 1. The maximum atomic E-state index is 11.8. The van der Waals surface area contributed by atoms with Gasteiger partial charge in [-0.25, -0.2) is 4.79 Å². The first-order valence-corrected chi connectivity index (χ1v) is 2.73. The second kappa shape index (κ2) is 4.00. The molecule has 1 N–H and O–H groups in total. The number of aliphatic hydroxyl groups excluding tert-OH is 1. The van der Waals surface area contributed by atoms with Crippen LogP contribution in [0.4, 0.5) is 4.39 Å². The molecule has 0 aliphatic rings. The highest BCUT2D eigenvalue weighted by molar-refractivity contribution is 5.85. The quantitative estimate of drug-likeness (QED) is 0.465. The maximum Gasteiger partial charge on any atom is 0.366 e. The third-order valence-electron chi connectivity index (χ3n) is 0.677. The van der Waals surface area contributed by atoms with Gasteiger partial charge in [-0.1, -0.05) is 6.58 Å². The van der Waals surface area contributed by atoms with Gasteiger partial charge in [0.1, 0.15) is 6.61 Å². The van der Waals surface area contributed by atoms with Crippen LogP contribution in [0.25, 0.3) is 0 Å². The lowest BCUT2D eigenvalue weighted by Gasteiger charge is -2.03. The molecule has 0 saturated carbocycles. The highest BCUT2D eigenvalue weighted by Gasteiger charge is 2.07. The smallest absolute Gasteiger partial charge is 0.366 e. The second-order valence-electron chi connectivity index (χ2n) is 1.85. The van der Waals surface area contributed by atoms with Crippen molar-refractivity contribution in [3.63, 3.8) is 0 Å². The van der Waals surface area contributed by atoms with E-state index in [9.17, 15) is 9.18 Å². The van der Waals surface area contributed by atoms with Crippen LogP contribution in [0.5, 0.6) is 0 Å². The Morgan fingerprint density at radius 3 is 2.70 bits per heavy atom. The molecule has 0 radical (unpaired) electrons. The van der Waals surface area contributed by atoms with Crippen molar-refractivity contribution < 1.29 is 19.0 Å². The van der Waals surface area contributed by atoms with E-state index in [4.69, 9.17) is 5.11 Å². The molecule has 0 amide bonds. The summed E-state index contributed by atoms with van der Waals surface area (Å²) in [5, 5.41) is 8.55. The lowest BCUT2D eigenvalue weighted by atomic mass is 10.4. The summed E-state index contributed by atoms with van der Waals surface area (Å²) in [6, 6.07) is 0. The van der Waals surface area contributed by atoms with Gasteiger partial charge in [0.2, 0.25) is 5.83 Å². The number of ether oxygens (including phenoxy) is 1. The van der Waals surface area contributed by atoms with Crippen molar-refractivity contribution in [1.82, 2.24) is 0 Å². The Kier molecular flexibility index (Phi) is 3.64. The molecule has 10 heavy (non-hydrogen) atoms. The fourth-order valence-corrected chi connectivity index (χ4v) is 0.275. The third kappa shape index (κ3) is 4.03. The second-order valence-corrected chi connectivity index (χ2v) is 1.85. The third-order valence-corrected chi connectivity index (χ3v) is 0.677. The molecule has 4 heteroatoms. The van der Waals surface area contributed by atoms with Gasteiger partial charge in [0.15, 0.2) is 0 Å². The molecule has 1 atom stereocenters. The molecule has 0 aromatic carbocycles. The summed E-state index contributed by atoms with van der Waals surface area (Å²) < 4.78 is 16.0. The fourth-order valence-electron chi connectivity index (χ4n) is 0.275. The Bertz CT molecular complexity index is 142. The van der Waals surface area contributed by atoms with Gasteiger partial charge in [-0.05, 0) is 6.92 Å². The largest absolute Gasteiger partial charge is 0.458 e. The average Bonchev–Trinajstić information content (AvgIpc) is 1.82. The van der Waals surface area contributed by atoms with E-state index in [2.05, 4.69) is 11.3 Å². The minimum atomic E-state index is -1.15. The van der Waals surface area contributed by atoms with Crippen LogP contribution in [-0.4, -0.2) is 23.8 Å². The summed E-state index contributed by atoms with van der Waals surface area (Å²) in [5.41, 5.74) is 0. The number of hydrogen-bond donors (Lipinski definition) is 1. The van der Waals surface area contributed by atoms with Gasteiger partial charge in [-0.2, -0.15) is 4.39 Å². The Labute approximate surface area is 58.1 Å². The van der Waals surface area contributed by atoms with Crippen LogP contribution in [0.2, 0.25) is 0 Å². The lowest BCUT2D eigenvalue weighted by molar-refractivity contribution is -0.143. The molecular formula is C6H9FO3. The van der Waals surface area contributed by atoms with Crippen LogP contribution >= 0.6 is 0 Å². The van der Waals surface area contributed by atoms with Gasteiger partial charge >= 0.3 is 5.97 Å². The zero-order valence-corrected chi connectivity index (χ0v) is 5.63. The molecule has 0 bridgehead atoms. The molecule has 0 aliphatic carbocycles. The Morgan fingerprint density at radius 2 is 2.40 bits per heavy atom. The first kappa shape index (κ1) is 9.10. The van der Waals surface area contributed by atoms with Crippen LogP contribution in [0.1, 0.15) is 6.92 Å². The summed E-state index contributed by atoms with van der Waals surface area (Å²) in [6.45, 7) is 3.93. The number of aliphatic hydroxyl groups is 1. The topological polar surface area (TPSA) is 46.5 Å². The molecule has 0 aromatic rings. The zero-order chi connectivity index (χ0) is 8.15. The fraction of sp³-hybridized carbons (Fsp3) is 0.500. The zero-order valence-electron chi connectivity index (χ0n) is 5.63. The summed E-state index contributed by atoms with van der Waals surface area (Å²) in [6.07, 6.45) is -0.775. The molecule has 0 aromatic heterocycles. The minimum absolute atomic E-state index is 0.207. The van der Waals surface area contributed by atoms with E-state index in [-0.39, 0.29) is 6.61 Å². The molecule has 0 heterocycles. The Hall–Kier alpha value is -0.900. The normalized spacial score (nSPS) is 12.3. The van der Waals surface area contributed by atoms with E-state index in [1.807, 2.05) is 0 Å². The predicted molar refractivity (Wildman–Crippen MR) is 32.9 cm³/mol. The number of carbonyl (C=O) groups is 1. The van der Waals surface area contributed by atoms with Crippen molar-refractivity contribution in [2.24, 2.45) is 0 Å². The standard InChI is InChI=1S/C6H9FO3/c1-4(8)3-10-6(9)5(2)7/h4,8H,2-3H2,1H3. The summed E-state index contributed by atoms with van der Waals surface area (Å²) in [4.78, 5) is 10.2. The maximum absolute atomic E-state index is 11.8. The predicted octanol–water partition coefficient (Wildman–Crippen LogP) is 0.394. The van der Waals surface area contributed by atoms with Crippen LogP contribution in [-0.2, 0) is 9.53 Å². The van der Waals surface area contributed by atoms with E-state index in [1.54, 1.807) is 0 Å². The molecule has 0 fully saturated rings. The van der Waals surface area contributed by atoms with Crippen LogP contribution < -0.4 is 0 Å². The number of esters is 1. The average molecular weight is 148 g/mol. The van der Waals surface area contributed by atoms with Gasteiger partial charge < -0.3 is 9.84 Å². The van der Waals surface area contributed by atoms with Crippen molar-refractivity contribution in [3.05, 3.63) is 12.4 Å². The Balaban J connectivity index is 3.50. The molecule has 0 spiro atoms. The molecule has 0 rings (SSSR count). The van der Waals surface area contributed by atoms with E-state index in [1.165, 1.54) is 6.92 Å². The van der Waals surface area contributed by atoms with Crippen LogP contribution in [0.15, 0.2) is 12.4 Å². The van der Waals surface area contributed by atoms with Crippen molar-refractivity contribution in [1.29, 1.82) is 0 Å². The van der Waals surface area contributed by atoms with E-state index >= 15 is 0 Å². The van der Waals surface area contributed by atoms with Gasteiger partial charge in [-0.15, -0.1) is 0 Å². The molecule has 3 nitrogen and oxygen atoms in total. The first-order chi connectivity index (χ1) is 4.54. The van der Waals surface area contributed by atoms with Gasteiger partial charge in [0.25, 0.3) is 0 Å². The van der Waals surface area contributed by atoms with Crippen LogP contribution in [0.3, 0.4) is 0 Å². The van der Waals surface area contributed by atoms with Crippen molar-refractivity contribution >= 4 is 5.97 Å². The SMILES string of the molecule is C=C(F)C(=O)OCC(C)O. The highest BCUT2D eigenvalue weighted by Crippen LogP contribution is 1.95. The molecule has 1 unspecified atom stereocenters. The highest BCUT2D eigenvalue weighted by atomic mass is 19.1. The summed E-state index contributed by atoms with van der Waals surface area (Å²) >= 11 is 0. The first-order valence-electron chi connectivity index (χ1n) is 2.73. The van der Waals surface area contributed by atoms with E-state index in [0.29, 0.717) is 0 Å². The van der Waals surface area contributed by atoms with Crippen molar-refractivity contribution in [3.8, 4) is 0 Å². The Morgan fingerprint density at radius 1 is 1.90 bits per heavy atom. The minimum Gasteiger partial charge on any atom is -0.458 e. The molecule has 0 saturated heterocycles. The van der Waals surface area contributed by atoms with Crippen molar-refractivity contribution in [2.45, 2.75) is 13.0 Å². The molecule has 0 aliphatic heterocycles. The van der Waals surface area contributed by atoms with Gasteiger partial charge in [-0.3, -0.25) is 0 Å². The number of halogens is 1. The van der Waals surface area contributed by atoms with Gasteiger partial charge in [0.05, 0.1) is 6.10 Å². The van der Waals surface area contributed by atoms with Gasteiger partial charge in [0, 0.05) is 0 Å². The molecular weight excluding hydrogens is 139 g/mol. The molecule has 58 valence electrons. The summed E-state index contributed by atoms with van der Waals surface area (Å²) in [7, 11) is 0. The van der Waals surface area contributed by atoms with E-state index in [0.717, 1.165) is 0 Å². The summed E-state index contributed by atoms with van der Waals surface area (Å²) in [5.74, 6) is -2.28. The number of hydrogen-bond acceptors (Lipinski definition) is 3. The van der Waals surface area contributed by atoms with E-state index < -0.39 is 17.9 Å². The lowest BCUT2D eigenvalue weighted by Crippen LogP contribution is -2.14. The van der Waals surface area contributed by atoms with Crippen LogP contribution in [0, 0.1) is 0 Å². The van der Waals surface area contributed by atoms with Crippen molar-refractivity contribution in [2.75, 3.05) is 6.61 Å².